The van der Waals surface area contributed by atoms with E-state index >= 15 is 0 Å². The van der Waals surface area contributed by atoms with Crippen LogP contribution in [0, 0.1) is 5.92 Å². The molecule has 150 valence electrons. The fourth-order valence-electron chi connectivity index (χ4n) is 4.61. The molecule has 0 aromatic heterocycles. The molecule has 0 spiro atoms. The van der Waals surface area contributed by atoms with E-state index in [1.54, 1.807) is 0 Å². The summed E-state index contributed by atoms with van der Waals surface area (Å²) in [5.41, 5.74) is 3.94. The number of aryl methyl sites for hydroxylation is 1. The first-order valence-corrected chi connectivity index (χ1v) is 12.0. The highest BCUT2D eigenvalue weighted by Crippen LogP contribution is 2.53. The molecule has 0 amide bonds. The molecule has 1 aliphatic carbocycles. The van der Waals surface area contributed by atoms with Crippen molar-refractivity contribution in [3.63, 3.8) is 0 Å². The second-order valence-electron chi connectivity index (χ2n) is 8.78. The first-order valence-electron chi connectivity index (χ1n) is 10.1. The van der Waals surface area contributed by atoms with Crippen LogP contribution in [0.2, 0.25) is 0 Å². The van der Waals surface area contributed by atoms with Gasteiger partial charge in [0, 0.05) is 17.4 Å². The zero-order valence-electron chi connectivity index (χ0n) is 17.3. The molecule has 1 aromatic rings. The minimum absolute atomic E-state index is 0.187. The van der Waals surface area contributed by atoms with Gasteiger partial charge in [-0.05, 0) is 64.2 Å². The van der Waals surface area contributed by atoms with Gasteiger partial charge in [0.05, 0.1) is 11.9 Å². The van der Waals surface area contributed by atoms with Crippen LogP contribution in [0.25, 0.3) is 0 Å². The molecule has 2 atom stereocenters. The standard InChI is InChI=1S/C22H33NO3S/c1-6-7-8-9-16-13-19(23-27(5,24)25)21-17-12-15(2)10-11-18(17)22(3,4)26-20(21)14-16/h12-14,17-18,23H,6-11H2,1-5H3/t17-,18-/m1/s1. The highest BCUT2D eigenvalue weighted by molar-refractivity contribution is 7.92. The van der Waals surface area contributed by atoms with Gasteiger partial charge >= 0.3 is 0 Å². The van der Waals surface area contributed by atoms with Crippen LogP contribution < -0.4 is 9.46 Å². The smallest absolute Gasteiger partial charge is 0.229 e. The van der Waals surface area contributed by atoms with Crippen molar-refractivity contribution in [1.29, 1.82) is 0 Å². The Morgan fingerprint density at radius 1 is 1.26 bits per heavy atom. The summed E-state index contributed by atoms with van der Waals surface area (Å²) in [6, 6.07) is 4.15. The number of allylic oxidation sites excluding steroid dienone is 2. The van der Waals surface area contributed by atoms with Crippen molar-refractivity contribution in [3.8, 4) is 5.75 Å². The van der Waals surface area contributed by atoms with Crippen LogP contribution in [0.4, 0.5) is 5.69 Å². The van der Waals surface area contributed by atoms with Gasteiger partial charge in [0.25, 0.3) is 0 Å². The van der Waals surface area contributed by atoms with E-state index in [1.807, 2.05) is 6.07 Å². The van der Waals surface area contributed by atoms with Crippen LogP contribution in [0.5, 0.6) is 5.75 Å². The molecule has 27 heavy (non-hydrogen) atoms. The summed E-state index contributed by atoms with van der Waals surface area (Å²) in [6.45, 7) is 8.68. The summed E-state index contributed by atoms with van der Waals surface area (Å²) in [7, 11) is -3.36. The number of hydrogen-bond donors (Lipinski definition) is 1. The van der Waals surface area contributed by atoms with E-state index in [4.69, 9.17) is 4.74 Å². The number of rotatable bonds is 6. The van der Waals surface area contributed by atoms with Gasteiger partial charge in [0.15, 0.2) is 0 Å². The Labute approximate surface area is 164 Å². The monoisotopic (exact) mass is 391 g/mol. The Balaban J connectivity index is 2.12. The third-order valence-corrected chi connectivity index (χ3v) is 6.50. The fraction of sp³-hybridized carbons (Fsp3) is 0.636. The zero-order valence-corrected chi connectivity index (χ0v) is 18.1. The molecule has 0 unspecified atom stereocenters. The predicted octanol–water partition coefficient (Wildman–Crippen LogP) is 5.40. The predicted molar refractivity (Wildman–Crippen MR) is 112 cm³/mol. The Kier molecular flexibility index (Phi) is 5.62. The molecule has 0 saturated heterocycles. The van der Waals surface area contributed by atoms with Crippen molar-refractivity contribution in [2.75, 3.05) is 11.0 Å². The molecular formula is C22H33NO3S. The molecule has 0 bridgehead atoms. The number of anilines is 1. The normalized spacial score (nSPS) is 23.7. The van der Waals surface area contributed by atoms with Crippen LogP contribution >= 0.6 is 0 Å². The molecule has 5 heteroatoms. The SMILES string of the molecule is CCCCCc1cc(NS(C)(=O)=O)c2c(c1)OC(C)(C)[C@@H]1CCC(C)=C[C@@H]21. The Bertz CT molecular complexity index is 839. The topological polar surface area (TPSA) is 55.4 Å². The minimum Gasteiger partial charge on any atom is -0.487 e. The molecule has 1 heterocycles. The Morgan fingerprint density at radius 2 is 2.00 bits per heavy atom. The molecular weight excluding hydrogens is 358 g/mol. The quantitative estimate of drug-likeness (QED) is 0.522. The lowest BCUT2D eigenvalue weighted by Gasteiger charge is -2.47. The van der Waals surface area contributed by atoms with Gasteiger partial charge < -0.3 is 4.74 Å². The first kappa shape index (κ1) is 20.2. The van der Waals surface area contributed by atoms with Crippen molar-refractivity contribution in [3.05, 3.63) is 34.9 Å². The number of fused-ring (bicyclic) bond motifs is 3. The Hall–Kier alpha value is -1.49. The van der Waals surface area contributed by atoms with E-state index in [0.29, 0.717) is 11.6 Å². The fourth-order valence-corrected chi connectivity index (χ4v) is 5.18. The maximum atomic E-state index is 12.0. The molecule has 0 radical (unpaired) electrons. The van der Waals surface area contributed by atoms with E-state index in [2.05, 4.69) is 44.6 Å². The molecule has 2 aliphatic rings. The van der Waals surface area contributed by atoms with E-state index in [0.717, 1.165) is 49.0 Å². The largest absolute Gasteiger partial charge is 0.487 e. The highest BCUT2D eigenvalue weighted by Gasteiger charge is 2.45. The third kappa shape index (κ3) is 4.50. The molecule has 1 aliphatic heterocycles. The highest BCUT2D eigenvalue weighted by atomic mass is 32.2. The molecule has 4 nitrogen and oxygen atoms in total. The van der Waals surface area contributed by atoms with Crippen molar-refractivity contribution in [2.45, 2.75) is 77.7 Å². The summed E-state index contributed by atoms with van der Waals surface area (Å²) in [5.74, 6) is 1.37. The third-order valence-electron chi connectivity index (χ3n) is 5.91. The summed E-state index contributed by atoms with van der Waals surface area (Å²) in [4.78, 5) is 0. The van der Waals surface area contributed by atoms with Crippen LogP contribution in [0.1, 0.15) is 76.8 Å². The van der Waals surface area contributed by atoms with E-state index in [9.17, 15) is 8.42 Å². The van der Waals surface area contributed by atoms with Gasteiger partial charge in [-0.2, -0.15) is 0 Å². The average molecular weight is 392 g/mol. The van der Waals surface area contributed by atoms with Gasteiger partial charge in [-0.1, -0.05) is 31.4 Å². The maximum absolute atomic E-state index is 12.0. The first-order chi connectivity index (χ1) is 12.6. The molecule has 1 N–H and O–H groups in total. The van der Waals surface area contributed by atoms with Gasteiger partial charge in [-0.15, -0.1) is 0 Å². The lowest BCUT2D eigenvalue weighted by atomic mass is 9.68. The van der Waals surface area contributed by atoms with E-state index in [-0.39, 0.29) is 11.5 Å². The Morgan fingerprint density at radius 3 is 2.67 bits per heavy atom. The summed E-state index contributed by atoms with van der Waals surface area (Å²) < 4.78 is 33.3. The number of sulfonamides is 1. The van der Waals surface area contributed by atoms with Crippen molar-refractivity contribution < 1.29 is 13.2 Å². The van der Waals surface area contributed by atoms with Crippen molar-refractivity contribution in [1.82, 2.24) is 0 Å². The number of nitrogens with one attached hydrogen (secondary N) is 1. The lowest BCUT2D eigenvalue weighted by molar-refractivity contribution is 0.0119. The molecule has 1 aromatic carbocycles. The second-order valence-corrected chi connectivity index (χ2v) is 10.5. The number of unbranched alkanes of at least 4 members (excludes halogenated alkanes) is 2. The van der Waals surface area contributed by atoms with Crippen LogP contribution in [-0.4, -0.2) is 20.3 Å². The number of benzene rings is 1. The maximum Gasteiger partial charge on any atom is 0.229 e. The van der Waals surface area contributed by atoms with Gasteiger partial charge in [0.1, 0.15) is 11.4 Å². The van der Waals surface area contributed by atoms with Gasteiger partial charge in [0.2, 0.25) is 10.0 Å². The van der Waals surface area contributed by atoms with Crippen molar-refractivity contribution in [2.24, 2.45) is 5.92 Å². The van der Waals surface area contributed by atoms with E-state index < -0.39 is 10.0 Å². The summed E-state index contributed by atoms with van der Waals surface area (Å²) >= 11 is 0. The van der Waals surface area contributed by atoms with Gasteiger partial charge in [-0.25, -0.2) is 8.42 Å². The number of hydrogen-bond acceptors (Lipinski definition) is 3. The van der Waals surface area contributed by atoms with Gasteiger partial charge in [-0.3, -0.25) is 4.72 Å². The second kappa shape index (κ2) is 7.50. The average Bonchev–Trinajstić information content (AvgIpc) is 2.52. The van der Waals surface area contributed by atoms with Crippen LogP contribution in [-0.2, 0) is 16.4 Å². The van der Waals surface area contributed by atoms with Crippen LogP contribution in [0.15, 0.2) is 23.8 Å². The molecule has 0 saturated carbocycles. The molecule has 0 fully saturated rings. The lowest BCUT2D eigenvalue weighted by Crippen LogP contribution is -2.45. The van der Waals surface area contributed by atoms with Crippen LogP contribution in [0.3, 0.4) is 0 Å². The minimum atomic E-state index is -3.36. The van der Waals surface area contributed by atoms with E-state index in [1.165, 1.54) is 18.2 Å². The summed E-state index contributed by atoms with van der Waals surface area (Å²) in [6.07, 6.45) is 10.1. The summed E-state index contributed by atoms with van der Waals surface area (Å²) in [5, 5.41) is 0. The van der Waals surface area contributed by atoms with Crippen molar-refractivity contribution >= 4 is 15.7 Å². The molecule has 3 rings (SSSR count). The zero-order chi connectivity index (χ0) is 19.8. The number of ether oxygens (including phenoxy) is 1.